The van der Waals surface area contributed by atoms with Gasteiger partial charge in [-0.2, -0.15) is 9.40 Å². The summed E-state index contributed by atoms with van der Waals surface area (Å²) in [5.41, 5.74) is 1.01. The highest BCUT2D eigenvalue weighted by Crippen LogP contribution is 2.37. The van der Waals surface area contributed by atoms with Crippen molar-refractivity contribution in [3.05, 3.63) is 35.6 Å². The van der Waals surface area contributed by atoms with E-state index < -0.39 is 27.7 Å². The SMILES string of the molecule is Cn1ncnc1-c1ccc2c(c1)OCCC1(CCN(Cc3csnn3)CC1)NC(=O)[C@@H]1C[C@@H](O)CN1S2(=O)=O. The van der Waals surface area contributed by atoms with Crippen LogP contribution in [-0.2, 0) is 28.4 Å². The van der Waals surface area contributed by atoms with Crippen molar-refractivity contribution in [1.82, 2.24) is 38.9 Å². The highest BCUT2D eigenvalue weighted by atomic mass is 32.2. The van der Waals surface area contributed by atoms with E-state index in [2.05, 4.69) is 29.9 Å². The molecule has 1 amide bonds. The third-order valence-electron chi connectivity index (χ3n) is 7.87. The molecule has 13 nitrogen and oxygen atoms in total. The predicted molar refractivity (Wildman–Crippen MR) is 140 cm³/mol. The number of carbonyl (C=O) groups is 1. The first-order chi connectivity index (χ1) is 18.7. The maximum absolute atomic E-state index is 13.9. The summed E-state index contributed by atoms with van der Waals surface area (Å²) in [5.74, 6) is 0.374. The summed E-state index contributed by atoms with van der Waals surface area (Å²) in [6, 6.07) is 3.78. The fraction of sp³-hybridized carbons (Fsp3) is 0.542. The fourth-order valence-electron chi connectivity index (χ4n) is 5.70. The summed E-state index contributed by atoms with van der Waals surface area (Å²) in [7, 11) is -2.40. The number of aromatic nitrogens is 5. The number of hydrogen-bond acceptors (Lipinski definition) is 11. The van der Waals surface area contributed by atoms with E-state index in [1.807, 2.05) is 5.38 Å². The van der Waals surface area contributed by atoms with Crippen molar-refractivity contribution in [2.24, 2.45) is 7.05 Å². The predicted octanol–water partition coefficient (Wildman–Crippen LogP) is 0.391. The van der Waals surface area contributed by atoms with E-state index in [-0.39, 0.29) is 36.1 Å². The van der Waals surface area contributed by atoms with Crippen LogP contribution < -0.4 is 10.1 Å². The van der Waals surface area contributed by atoms with Crippen LogP contribution in [0.15, 0.2) is 34.8 Å². The van der Waals surface area contributed by atoms with Gasteiger partial charge in [0.1, 0.15) is 23.0 Å². The first-order valence-electron chi connectivity index (χ1n) is 12.9. The molecule has 2 aromatic heterocycles. The number of benzene rings is 1. The largest absolute Gasteiger partial charge is 0.492 e. The molecule has 5 heterocycles. The minimum Gasteiger partial charge on any atom is -0.492 e. The first-order valence-corrected chi connectivity index (χ1v) is 15.1. The van der Waals surface area contributed by atoms with E-state index in [9.17, 15) is 18.3 Å². The highest BCUT2D eigenvalue weighted by molar-refractivity contribution is 7.89. The summed E-state index contributed by atoms with van der Waals surface area (Å²) < 4.78 is 40.5. The van der Waals surface area contributed by atoms with Gasteiger partial charge < -0.3 is 15.2 Å². The molecule has 2 N–H and O–H groups in total. The second-order valence-electron chi connectivity index (χ2n) is 10.4. The zero-order valence-corrected chi connectivity index (χ0v) is 23.1. The number of fused-ring (bicyclic) bond motifs is 2. The number of piperidine rings is 1. The second kappa shape index (κ2) is 10.2. The second-order valence-corrected chi connectivity index (χ2v) is 12.9. The number of amides is 1. The quantitative estimate of drug-likeness (QED) is 0.449. The molecule has 2 saturated heterocycles. The average Bonchev–Trinajstić information content (AvgIpc) is 3.66. The molecule has 6 rings (SSSR count). The Labute approximate surface area is 230 Å². The summed E-state index contributed by atoms with van der Waals surface area (Å²) >= 11 is 1.32. The molecule has 0 unspecified atom stereocenters. The fourth-order valence-corrected chi connectivity index (χ4v) is 7.90. The van der Waals surface area contributed by atoms with E-state index in [0.29, 0.717) is 37.2 Å². The van der Waals surface area contributed by atoms with Crippen LogP contribution in [-0.4, -0.2) is 96.9 Å². The topological polar surface area (TPSA) is 156 Å². The van der Waals surface area contributed by atoms with Gasteiger partial charge in [0.2, 0.25) is 15.9 Å². The molecule has 0 aliphatic carbocycles. The monoisotopic (exact) mass is 574 g/mol. The standard InChI is InChI=1S/C24H30N8O5S2/c1-30-22(25-15-26-30)16-2-3-21-20(10-16)37-9-6-24(4-7-31(8-5-24)12-17-14-38-29-28-17)27-23(34)19-11-18(33)13-32(19)39(21,35)36/h2-3,10,14-15,18-19,33H,4-9,11-13H2,1H3,(H,27,34)/t18-,19+/m1/s1. The van der Waals surface area contributed by atoms with Crippen molar-refractivity contribution < 1.29 is 23.1 Å². The minimum atomic E-state index is -4.15. The lowest BCUT2D eigenvalue weighted by molar-refractivity contribution is -0.127. The van der Waals surface area contributed by atoms with Gasteiger partial charge in [-0.1, -0.05) is 4.49 Å². The van der Waals surface area contributed by atoms with Crippen LogP contribution in [0, 0.1) is 0 Å². The molecule has 0 bridgehead atoms. The van der Waals surface area contributed by atoms with Gasteiger partial charge in [-0.3, -0.25) is 9.69 Å². The zero-order valence-electron chi connectivity index (χ0n) is 21.4. The van der Waals surface area contributed by atoms with Gasteiger partial charge in [-0.05, 0) is 42.6 Å². The molecule has 2 fully saturated rings. The van der Waals surface area contributed by atoms with Crippen LogP contribution in [0.25, 0.3) is 11.4 Å². The summed E-state index contributed by atoms with van der Waals surface area (Å²) in [6.45, 7) is 2.22. The van der Waals surface area contributed by atoms with Crippen molar-refractivity contribution in [3.8, 4) is 17.1 Å². The summed E-state index contributed by atoms with van der Waals surface area (Å²) in [4.78, 5) is 20.1. The van der Waals surface area contributed by atoms with Crippen LogP contribution >= 0.6 is 11.5 Å². The number of sulfonamides is 1. The van der Waals surface area contributed by atoms with Crippen LogP contribution in [0.2, 0.25) is 0 Å². The smallest absolute Gasteiger partial charge is 0.247 e. The van der Waals surface area contributed by atoms with Crippen LogP contribution in [0.1, 0.15) is 31.4 Å². The molecule has 3 aliphatic heterocycles. The van der Waals surface area contributed by atoms with Gasteiger partial charge in [0.15, 0.2) is 5.82 Å². The molecule has 1 aromatic carbocycles. The van der Waals surface area contributed by atoms with Gasteiger partial charge >= 0.3 is 0 Å². The molecular formula is C24H30N8O5S2. The minimum absolute atomic E-state index is 0.0389. The first kappa shape index (κ1) is 26.3. The van der Waals surface area contributed by atoms with E-state index in [4.69, 9.17) is 4.74 Å². The maximum Gasteiger partial charge on any atom is 0.247 e. The third kappa shape index (κ3) is 5.04. The van der Waals surface area contributed by atoms with E-state index >= 15 is 0 Å². The van der Waals surface area contributed by atoms with Gasteiger partial charge in [0.25, 0.3) is 0 Å². The van der Waals surface area contributed by atoms with Gasteiger partial charge in [0.05, 0.1) is 18.4 Å². The zero-order chi connectivity index (χ0) is 27.2. The number of nitrogens with zero attached hydrogens (tertiary/aromatic N) is 7. The number of nitrogens with one attached hydrogen (secondary N) is 1. The third-order valence-corrected chi connectivity index (χ3v) is 10.3. The number of aryl methyl sites for hydroxylation is 1. The number of rotatable bonds is 3. The lowest BCUT2D eigenvalue weighted by Crippen LogP contribution is -2.59. The molecule has 0 radical (unpaired) electrons. The number of ether oxygens (including phenoxy) is 1. The van der Waals surface area contributed by atoms with Crippen molar-refractivity contribution in [2.45, 2.75) is 54.8 Å². The highest BCUT2D eigenvalue weighted by Gasteiger charge is 2.47. The Bertz CT molecular complexity index is 1450. The lowest BCUT2D eigenvalue weighted by Gasteiger charge is -2.43. The van der Waals surface area contributed by atoms with Crippen molar-refractivity contribution in [3.63, 3.8) is 0 Å². The Balaban J connectivity index is 1.33. The summed E-state index contributed by atoms with van der Waals surface area (Å²) in [6.07, 6.45) is 2.38. The van der Waals surface area contributed by atoms with Gasteiger partial charge in [0, 0.05) is 62.6 Å². The van der Waals surface area contributed by atoms with Gasteiger partial charge in [-0.15, -0.1) is 5.10 Å². The van der Waals surface area contributed by atoms with Gasteiger partial charge in [-0.25, -0.2) is 18.1 Å². The van der Waals surface area contributed by atoms with Crippen LogP contribution in [0.4, 0.5) is 0 Å². The molecule has 2 atom stereocenters. The van der Waals surface area contributed by atoms with Crippen molar-refractivity contribution in [1.29, 1.82) is 0 Å². The number of aliphatic hydroxyl groups is 1. The number of aliphatic hydroxyl groups excluding tert-OH is 1. The van der Waals surface area contributed by atoms with Crippen LogP contribution in [0.3, 0.4) is 0 Å². The normalized spacial score (nSPS) is 25.3. The molecule has 39 heavy (non-hydrogen) atoms. The number of carbonyl (C=O) groups excluding carboxylic acids is 1. The molecule has 3 aromatic rings. The molecule has 15 heteroatoms. The number of hydrogen-bond donors (Lipinski definition) is 2. The van der Waals surface area contributed by atoms with E-state index in [0.717, 1.165) is 23.1 Å². The molecule has 0 saturated carbocycles. The Hall–Kier alpha value is -2.98. The number of likely N-dealkylation sites (tertiary alicyclic amines) is 1. The van der Waals surface area contributed by atoms with Crippen molar-refractivity contribution >= 4 is 27.5 Å². The lowest BCUT2D eigenvalue weighted by atomic mass is 9.84. The average molecular weight is 575 g/mol. The van der Waals surface area contributed by atoms with E-state index in [1.54, 1.807) is 23.9 Å². The van der Waals surface area contributed by atoms with Crippen LogP contribution in [0.5, 0.6) is 5.75 Å². The van der Waals surface area contributed by atoms with E-state index in [1.165, 1.54) is 23.9 Å². The Kier molecular flexibility index (Phi) is 6.87. The molecule has 1 spiro atoms. The molecular weight excluding hydrogens is 544 g/mol. The summed E-state index contributed by atoms with van der Waals surface area (Å²) in [5, 5.41) is 23.8. The Morgan fingerprint density at radius 2 is 2.08 bits per heavy atom. The Morgan fingerprint density at radius 3 is 2.79 bits per heavy atom. The Morgan fingerprint density at radius 1 is 1.26 bits per heavy atom. The van der Waals surface area contributed by atoms with Crippen molar-refractivity contribution in [2.75, 3.05) is 26.2 Å². The molecule has 3 aliphatic rings. The maximum atomic E-state index is 13.9. The molecule has 208 valence electrons.